The number of hydrogen-bond acceptors (Lipinski definition) is 6. The lowest BCUT2D eigenvalue weighted by Crippen LogP contribution is -2.44. The number of anilines is 1. The number of piperazine rings is 1. The standard InChI is InChI=1S/C26H24F2N6O.ClH/c1-32-7-9-33(10-8-32)23-15-29-26(30-16-23)19-4-2-3-18(11-19)17-34-25(35)6-5-24(31-34)20-12-21(27)14-22(28)13-20;/h2-6,11-16H,7-10,17H2,1H3;1H. The zero-order chi connectivity index (χ0) is 24.4. The van der Waals surface area contributed by atoms with Crippen LogP contribution < -0.4 is 10.5 Å². The molecule has 0 aliphatic carbocycles. The van der Waals surface area contributed by atoms with Crippen molar-refractivity contribution in [2.24, 2.45) is 0 Å². The molecule has 1 aliphatic rings. The van der Waals surface area contributed by atoms with Crippen LogP contribution in [0.3, 0.4) is 0 Å². The first-order valence-corrected chi connectivity index (χ1v) is 11.3. The summed E-state index contributed by atoms with van der Waals surface area (Å²) in [6.45, 7) is 4.09. The van der Waals surface area contributed by atoms with Gasteiger partial charge >= 0.3 is 0 Å². The molecule has 0 amide bonds. The average Bonchev–Trinajstić information content (AvgIpc) is 2.86. The molecule has 0 atom stereocenters. The summed E-state index contributed by atoms with van der Waals surface area (Å²) in [4.78, 5) is 26.1. The molecule has 36 heavy (non-hydrogen) atoms. The van der Waals surface area contributed by atoms with Crippen LogP contribution >= 0.6 is 12.4 Å². The maximum absolute atomic E-state index is 13.6. The van der Waals surface area contributed by atoms with Crippen molar-refractivity contribution < 1.29 is 8.78 Å². The highest BCUT2D eigenvalue weighted by Crippen LogP contribution is 2.21. The lowest BCUT2D eigenvalue weighted by Gasteiger charge is -2.33. The van der Waals surface area contributed by atoms with Crippen molar-refractivity contribution in [1.82, 2.24) is 24.6 Å². The Morgan fingerprint density at radius 1 is 0.861 bits per heavy atom. The van der Waals surface area contributed by atoms with Gasteiger partial charge in [-0.2, -0.15) is 5.10 Å². The van der Waals surface area contributed by atoms with Crippen molar-refractivity contribution in [2.45, 2.75) is 6.54 Å². The third-order valence-corrected chi connectivity index (χ3v) is 6.05. The summed E-state index contributed by atoms with van der Waals surface area (Å²) in [5, 5.41) is 4.32. The van der Waals surface area contributed by atoms with E-state index in [1.807, 2.05) is 36.7 Å². The highest BCUT2D eigenvalue weighted by molar-refractivity contribution is 5.85. The van der Waals surface area contributed by atoms with Crippen LogP contribution in [0.2, 0.25) is 0 Å². The number of benzene rings is 2. The van der Waals surface area contributed by atoms with Crippen LogP contribution in [0.5, 0.6) is 0 Å². The van der Waals surface area contributed by atoms with E-state index in [0.29, 0.717) is 11.5 Å². The summed E-state index contributed by atoms with van der Waals surface area (Å²) in [7, 11) is 2.12. The molecule has 3 heterocycles. The summed E-state index contributed by atoms with van der Waals surface area (Å²) in [6, 6.07) is 13.5. The molecular weight excluding hydrogens is 486 g/mol. The van der Waals surface area contributed by atoms with Crippen LogP contribution in [-0.4, -0.2) is 57.9 Å². The van der Waals surface area contributed by atoms with E-state index in [1.165, 1.54) is 28.9 Å². The van der Waals surface area contributed by atoms with Gasteiger partial charge in [0.1, 0.15) is 11.6 Å². The molecule has 2 aromatic heterocycles. The molecule has 0 radical (unpaired) electrons. The largest absolute Gasteiger partial charge is 0.366 e. The zero-order valence-electron chi connectivity index (χ0n) is 19.6. The van der Waals surface area contributed by atoms with Gasteiger partial charge < -0.3 is 9.80 Å². The molecule has 7 nitrogen and oxygen atoms in total. The summed E-state index contributed by atoms with van der Waals surface area (Å²) in [6.07, 6.45) is 3.68. The molecule has 0 bridgehead atoms. The van der Waals surface area contributed by atoms with Crippen molar-refractivity contribution in [3.05, 3.63) is 94.5 Å². The first kappa shape index (κ1) is 25.4. The van der Waals surface area contributed by atoms with E-state index in [0.717, 1.165) is 49.1 Å². The Labute approximate surface area is 213 Å². The Kier molecular flexibility index (Phi) is 7.71. The first-order valence-electron chi connectivity index (χ1n) is 11.3. The minimum Gasteiger partial charge on any atom is -0.366 e. The SMILES string of the molecule is CN1CCN(c2cnc(-c3cccc(Cn4nc(-c5cc(F)cc(F)c5)ccc4=O)c3)nc2)CC1.Cl. The molecule has 1 saturated heterocycles. The lowest BCUT2D eigenvalue weighted by atomic mass is 10.1. The summed E-state index contributed by atoms with van der Waals surface area (Å²) in [5.74, 6) is -0.814. The highest BCUT2D eigenvalue weighted by Gasteiger charge is 2.15. The lowest BCUT2D eigenvalue weighted by molar-refractivity contribution is 0.312. The quantitative estimate of drug-likeness (QED) is 0.406. The number of likely N-dealkylation sites (N-methyl/N-ethyl adjacent to an activating group) is 1. The molecule has 1 aliphatic heterocycles. The van der Waals surface area contributed by atoms with Crippen molar-refractivity contribution >= 4 is 18.1 Å². The first-order chi connectivity index (χ1) is 16.9. The topological polar surface area (TPSA) is 67.2 Å². The van der Waals surface area contributed by atoms with Gasteiger partial charge in [0.2, 0.25) is 0 Å². The predicted octanol–water partition coefficient (Wildman–Crippen LogP) is 3.87. The van der Waals surface area contributed by atoms with E-state index in [1.54, 1.807) is 0 Å². The predicted molar refractivity (Wildman–Crippen MR) is 137 cm³/mol. The smallest absolute Gasteiger partial charge is 0.267 e. The summed E-state index contributed by atoms with van der Waals surface area (Å²) >= 11 is 0. The fraction of sp³-hybridized carbons (Fsp3) is 0.231. The van der Waals surface area contributed by atoms with Gasteiger partial charge in [-0.05, 0) is 36.9 Å². The Bertz CT molecular complexity index is 1380. The number of aromatic nitrogens is 4. The maximum Gasteiger partial charge on any atom is 0.267 e. The minimum atomic E-state index is -0.703. The van der Waals surface area contributed by atoms with Crippen LogP contribution in [0, 0.1) is 11.6 Å². The Morgan fingerprint density at radius 3 is 2.25 bits per heavy atom. The fourth-order valence-electron chi connectivity index (χ4n) is 4.10. The molecule has 0 saturated carbocycles. The van der Waals surface area contributed by atoms with Gasteiger partial charge in [-0.1, -0.05) is 18.2 Å². The second kappa shape index (κ2) is 10.9. The average molecular weight is 511 g/mol. The molecule has 4 aromatic rings. The summed E-state index contributed by atoms with van der Waals surface area (Å²) < 4.78 is 28.6. The summed E-state index contributed by atoms with van der Waals surface area (Å²) in [5.41, 5.74) is 2.90. The van der Waals surface area contributed by atoms with Gasteiger partial charge in [-0.3, -0.25) is 4.79 Å². The molecule has 10 heteroatoms. The van der Waals surface area contributed by atoms with Crippen LogP contribution in [-0.2, 0) is 6.54 Å². The van der Waals surface area contributed by atoms with E-state index in [-0.39, 0.29) is 30.1 Å². The molecule has 5 rings (SSSR count). The zero-order valence-corrected chi connectivity index (χ0v) is 20.5. The van der Waals surface area contributed by atoms with Crippen molar-refractivity contribution in [1.29, 1.82) is 0 Å². The Morgan fingerprint density at radius 2 is 1.56 bits per heavy atom. The highest BCUT2D eigenvalue weighted by atomic mass is 35.5. The van der Waals surface area contributed by atoms with Crippen molar-refractivity contribution in [2.75, 3.05) is 38.1 Å². The number of halogens is 3. The second-order valence-corrected chi connectivity index (χ2v) is 8.63. The van der Waals surface area contributed by atoms with E-state index in [2.05, 4.69) is 31.9 Å². The van der Waals surface area contributed by atoms with Gasteiger partial charge in [0.15, 0.2) is 5.82 Å². The van der Waals surface area contributed by atoms with Gasteiger partial charge in [0.05, 0.1) is 30.3 Å². The minimum absolute atomic E-state index is 0. The van der Waals surface area contributed by atoms with Crippen molar-refractivity contribution in [3.8, 4) is 22.6 Å². The molecule has 0 unspecified atom stereocenters. The molecule has 0 N–H and O–H groups in total. The van der Waals surface area contributed by atoms with E-state index in [9.17, 15) is 13.6 Å². The van der Waals surface area contributed by atoms with Gasteiger partial charge in [-0.25, -0.2) is 23.4 Å². The Hall–Kier alpha value is -3.69. The number of nitrogens with zero attached hydrogens (tertiary/aromatic N) is 6. The number of hydrogen-bond donors (Lipinski definition) is 0. The monoisotopic (exact) mass is 510 g/mol. The number of rotatable bonds is 5. The normalized spacial score (nSPS) is 13.9. The third kappa shape index (κ3) is 5.75. The second-order valence-electron chi connectivity index (χ2n) is 8.63. The van der Waals surface area contributed by atoms with E-state index >= 15 is 0 Å². The van der Waals surface area contributed by atoms with Gasteiger partial charge in [-0.15, -0.1) is 12.4 Å². The molecule has 0 spiro atoms. The third-order valence-electron chi connectivity index (χ3n) is 6.05. The fourth-order valence-corrected chi connectivity index (χ4v) is 4.10. The Balaban J connectivity index is 0.00000304. The maximum atomic E-state index is 13.6. The van der Waals surface area contributed by atoms with Crippen LogP contribution in [0.4, 0.5) is 14.5 Å². The van der Waals surface area contributed by atoms with Crippen LogP contribution in [0.1, 0.15) is 5.56 Å². The molecule has 186 valence electrons. The van der Waals surface area contributed by atoms with Gasteiger partial charge in [0, 0.05) is 49.4 Å². The van der Waals surface area contributed by atoms with E-state index in [4.69, 9.17) is 0 Å². The molecular formula is C26H25ClF2N6O. The molecule has 2 aromatic carbocycles. The van der Waals surface area contributed by atoms with Crippen molar-refractivity contribution in [3.63, 3.8) is 0 Å². The van der Waals surface area contributed by atoms with Crippen LogP contribution in [0.25, 0.3) is 22.6 Å². The van der Waals surface area contributed by atoms with E-state index < -0.39 is 11.6 Å². The molecule has 1 fully saturated rings. The van der Waals surface area contributed by atoms with Crippen LogP contribution in [0.15, 0.2) is 71.8 Å². The van der Waals surface area contributed by atoms with Gasteiger partial charge in [0.25, 0.3) is 5.56 Å².